The number of anilines is 2. The van der Waals surface area contributed by atoms with Gasteiger partial charge in [0, 0.05) is 13.1 Å². The van der Waals surface area contributed by atoms with Gasteiger partial charge in [-0.2, -0.15) is 0 Å². The number of hydrogen-bond donors (Lipinski definition) is 1. The van der Waals surface area contributed by atoms with Gasteiger partial charge >= 0.3 is 0 Å². The van der Waals surface area contributed by atoms with Gasteiger partial charge in [-0.05, 0) is 29.8 Å². The zero-order chi connectivity index (χ0) is 16.8. The average Bonchev–Trinajstić information content (AvgIpc) is 2.64. The van der Waals surface area contributed by atoms with Crippen molar-refractivity contribution in [1.29, 1.82) is 0 Å². The molecule has 2 aromatic rings. The molecule has 1 amide bonds. The fourth-order valence-electron chi connectivity index (χ4n) is 2.57. The van der Waals surface area contributed by atoms with E-state index in [1.165, 1.54) is 0 Å². The predicted molar refractivity (Wildman–Crippen MR) is 92.6 cm³/mol. The zero-order valence-corrected chi connectivity index (χ0v) is 13.7. The summed E-state index contributed by atoms with van der Waals surface area (Å²) in [5, 5.41) is 2.87. The number of hydrogen-bond acceptors (Lipinski definition) is 5. The number of carbonyl (C=O) groups excluding carboxylic acids is 1. The van der Waals surface area contributed by atoms with Crippen LogP contribution in [0.15, 0.2) is 42.6 Å². The van der Waals surface area contributed by atoms with Crippen LogP contribution in [0.2, 0.25) is 0 Å². The molecule has 1 aliphatic rings. The van der Waals surface area contributed by atoms with Gasteiger partial charge < -0.3 is 19.7 Å². The lowest BCUT2D eigenvalue weighted by Crippen LogP contribution is -2.36. The van der Waals surface area contributed by atoms with Gasteiger partial charge in [0.15, 0.2) is 0 Å². The first-order valence-corrected chi connectivity index (χ1v) is 7.96. The lowest BCUT2D eigenvalue weighted by Gasteiger charge is -2.27. The van der Waals surface area contributed by atoms with E-state index in [0.29, 0.717) is 12.1 Å². The summed E-state index contributed by atoms with van der Waals surface area (Å²) >= 11 is 0. The van der Waals surface area contributed by atoms with Gasteiger partial charge in [-0.3, -0.25) is 4.79 Å². The summed E-state index contributed by atoms with van der Waals surface area (Å²) in [7, 11) is 1.62. The second kappa shape index (κ2) is 7.79. The molecule has 0 radical (unpaired) electrons. The van der Waals surface area contributed by atoms with Gasteiger partial charge in [0.05, 0.1) is 38.6 Å². The standard InChI is InChI=1S/C18H21N3O3/c1-23-16-5-2-14(3-6-16)12-18(22)20-15-4-7-17(19-13-15)21-8-10-24-11-9-21/h2-7,13H,8-12H2,1H3,(H,20,22). The molecule has 0 unspecified atom stereocenters. The molecule has 24 heavy (non-hydrogen) atoms. The molecule has 1 aromatic heterocycles. The second-order valence-electron chi connectivity index (χ2n) is 5.58. The Balaban J connectivity index is 1.55. The molecule has 0 bridgehead atoms. The maximum Gasteiger partial charge on any atom is 0.228 e. The van der Waals surface area contributed by atoms with Crippen LogP contribution in [-0.4, -0.2) is 44.3 Å². The van der Waals surface area contributed by atoms with Gasteiger partial charge in [-0.25, -0.2) is 4.98 Å². The summed E-state index contributed by atoms with van der Waals surface area (Å²) in [4.78, 5) is 18.7. The van der Waals surface area contributed by atoms with Crippen molar-refractivity contribution in [2.45, 2.75) is 6.42 Å². The van der Waals surface area contributed by atoms with E-state index in [9.17, 15) is 4.79 Å². The highest BCUT2D eigenvalue weighted by Crippen LogP contribution is 2.16. The number of nitrogens with one attached hydrogen (secondary N) is 1. The molecule has 3 rings (SSSR count). The highest BCUT2D eigenvalue weighted by molar-refractivity contribution is 5.92. The summed E-state index contributed by atoms with van der Waals surface area (Å²) in [6, 6.07) is 11.3. The summed E-state index contributed by atoms with van der Waals surface area (Å²) < 4.78 is 10.4. The van der Waals surface area contributed by atoms with Crippen LogP contribution in [0, 0.1) is 0 Å². The number of ether oxygens (including phenoxy) is 2. The van der Waals surface area contributed by atoms with E-state index >= 15 is 0 Å². The van der Waals surface area contributed by atoms with Crippen LogP contribution < -0.4 is 15.0 Å². The van der Waals surface area contributed by atoms with Crippen LogP contribution >= 0.6 is 0 Å². The summed E-state index contributed by atoms with van der Waals surface area (Å²) in [5.74, 6) is 1.62. The van der Waals surface area contributed by atoms with E-state index in [4.69, 9.17) is 9.47 Å². The largest absolute Gasteiger partial charge is 0.497 e. The molecular weight excluding hydrogens is 306 g/mol. The zero-order valence-electron chi connectivity index (χ0n) is 13.7. The molecule has 1 aliphatic heterocycles. The molecule has 6 nitrogen and oxygen atoms in total. The molecule has 1 saturated heterocycles. The first-order valence-electron chi connectivity index (χ1n) is 7.96. The van der Waals surface area contributed by atoms with Crippen molar-refractivity contribution in [2.75, 3.05) is 43.6 Å². The summed E-state index contributed by atoms with van der Waals surface area (Å²) in [5.41, 5.74) is 1.64. The van der Waals surface area contributed by atoms with Crippen molar-refractivity contribution in [2.24, 2.45) is 0 Å². The highest BCUT2D eigenvalue weighted by Gasteiger charge is 2.12. The van der Waals surface area contributed by atoms with E-state index in [-0.39, 0.29) is 5.91 Å². The Labute approximate surface area is 141 Å². The molecule has 6 heteroatoms. The smallest absolute Gasteiger partial charge is 0.228 e. The van der Waals surface area contributed by atoms with E-state index in [1.807, 2.05) is 36.4 Å². The van der Waals surface area contributed by atoms with Crippen molar-refractivity contribution in [3.8, 4) is 5.75 Å². The quantitative estimate of drug-likeness (QED) is 0.911. The Hall–Kier alpha value is -2.60. The highest BCUT2D eigenvalue weighted by atomic mass is 16.5. The molecule has 0 spiro atoms. The van der Waals surface area contributed by atoms with E-state index in [2.05, 4.69) is 15.2 Å². The number of rotatable bonds is 5. The summed E-state index contributed by atoms with van der Waals surface area (Å²) in [6.45, 7) is 3.14. The minimum absolute atomic E-state index is 0.0684. The molecule has 126 valence electrons. The molecule has 1 N–H and O–H groups in total. The third-order valence-corrected chi connectivity index (χ3v) is 3.89. The van der Waals surface area contributed by atoms with Crippen LogP contribution in [0.25, 0.3) is 0 Å². The molecular formula is C18H21N3O3. The number of nitrogens with zero attached hydrogens (tertiary/aromatic N) is 2. The SMILES string of the molecule is COc1ccc(CC(=O)Nc2ccc(N3CCOCC3)nc2)cc1. The Morgan fingerprint density at radius 3 is 2.58 bits per heavy atom. The predicted octanol–water partition coefficient (Wildman–Crippen LogP) is 2.11. The second-order valence-corrected chi connectivity index (χ2v) is 5.58. The van der Waals surface area contributed by atoms with Crippen LogP contribution in [0.1, 0.15) is 5.56 Å². The van der Waals surface area contributed by atoms with Gasteiger partial charge in [0.25, 0.3) is 0 Å². The summed E-state index contributed by atoms with van der Waals surface area (Å²) in [6.07, 6.45) is 2.01. The van der Waals surface area contributed by atoms with Gasteiger partial charge in [-0.15, -0.1) is 0 Å². The normalized spacial score (nSPS) is 14.3. The van der Waals surface area contributed by atoms with E-state index in [1.54, 1.807) is 13.3 Å². The molecule has 0 saturated carbocycles. The Bertz CT molecular complexity index is 665. The fourth-order valence-corrected chi connectivity index (χ4v) is 2.57. The van der Waals surface area contributed by atoms with Crippen LogP contribution in [0.3, 0.4) is 0 Å². The Morgan fingerprint density at radius 2 is 1.96 bits per heavy atom. The van der Waals surface area contributed by atoms with Crippen LogP contribution in [0.4, 0.5) is 11.5 Å². The molecule has 0 atom stereocenters. The molecule has 1 fully saturated rings. The maximum absolute atomic E-state index is 12.1. The monoisotopic (exact) mass is 327 g/mol. The number of methoxy groups -OCH3 is 1. The van der Waals surface area contributed by atoms with E-state index < -0.39 is 0 Å². The molecule has 0 aliphatic carbocycles. The van der Waals surface area contributed by atoms with Crippen LogP contribution in [0.5, 0.6) is 5.75 Å². The van der Waals surface area contributed by atoms with Crippen molar-refractivity contribution >= 4 is 17.4 Å². The van der Waals surface area contributed by atoms with Gasteiger partial charge in [0.2, 0.25) is 5.91 Å². The van der Waals surface area contributed by atoms with Crippen LogP contribution in [-0.2, 0) is 16.0 Å². The molecule has 2 heterocycles. The first-order chi connectivity index (χ1) is 11.7. The lowest BCUT2D eigenvalue weighted by atomic mass is 10.1. The number of morpholine rings is 1. The van der Waals surface area contributed by atoms with Crippen molar-refractivity contribution in [3.05, 3.63) is 48.2 Å². The lowest BCUT2D eigenvalue weighted by molar-refractivity contribution is -0.115. The third-order valence-electron chi connectivity index (χ3n) is 3.89. The maximum atomic E-state index is 12.1. The topological polar surface area (TPSA) is 63.7 Å². The number of carbonyl (C=O) groups is 1. The Kier molecular flexibility index (Phi) is 5.28. The number of aromatic nitrogens is 1. The Morgan fingerprint density at radius 1 is 1.21 bits per heavy atom. The fraction of sp³-hybridized carbons (Fsp3) is 0.333. The third kappa shape index (κ3) is 4.23. The number of amides is 1. The van der Waals surface area contributed by atoms with Crippen molar-refractivity contribution < 1.29 is 14.3 Å². The van der Waals surface area contributed by atoms with E-state index in [0.717, 1.165) is 43.4 Å². The molecule has 1 aromatic carbocycles. The van der Waals surface area contributed by atoms with Crippen molar-refractivity contribution in [3.63, 3.8) is 0 Å². The van der Waals surface area contributed by atoms with Gasteiger partial charge in [-0.1, -0.05) is 12.1 Å². The minimum Gasteiger partial charge on any atom is -0.497 e. The minimum atomic E-state index is -0.0684. The number of pyridine rings is 1. The average molecular weight is 327 g/mol. The van der Waals surface area contributed by atoms with Crippen molar-refractivity contribution in [1.82, 2.24) is 4.98 Å². The first kappa shape index (κ1) is 16.3. The van der Waals surface area contributed by atoms with Gasteiger partial charge in [0.1, 0.15) is 11.6 Å². The number of benzene rings is 1.